The number of benzene rings is 2. The first-order chi connectivity index (χ1) is 11.6. The van der Waals surface area contributed by atoms with E-state index >= 15 is 0 Å². The number of nitrogens with one attached hydrogen (secondary N) is 2. The van der Waals surface area contributed by atoms with Gasteiger partial charge in [0.1, 0.15) is 17.3 Å². The number of aliphatic imine (C=N–C) groups is 1. The van der Waals surface area contributed by atoms with E-state index in [2.05, 4.69) is 15.6 Å². The standard InChI is InChI=1S/C18H22FN3O2.HI/c1-20-18(21-10-9-13-3-5-15(19)6-4-13)22-12-14-11-16(24-2)7-8-17(14)23;/h3-8,11,23H,9-10,12H2,1-2H3,(H2,20,21,22);1H. The highest BCUT2D eigenvalue weighted by Gasteiger charge is 2.05. The van der Waals surface area contributed by atoms with Crippen molar-refractivity contribution in [2.24, 2.45) is 4.99 Å². The minimum Gasteiger partial charge on any atom is -0.508 e. The first-order valence-corrected chi connectivity index (χ1v) is 7.67. The Labute approximate surface area is 164 Å². The molecule has 0 bridgehead atoms. The van der Waals surface area contributed by atoms with Crippen LogP contribution in [-0.2, 0) is 13.0 Å². The smallest absolute Gasteiger partial charge is 0.191 e. The maximum atomic E-state index is 12.9. The molecule has 7 heteroatoms. The van der Waals surface area contributed by atoms with Crippen LogP contribution in [0.4, 0.5) is 4.39 Å². The third-order valence-electron chi connectivity index (χ3n) is 3.58. The van der Waals surface area contributed by atoms with Crippen LogP contribution < -0.4 is 15.4 Å². The maximum Gasteiger partial charge on any atom is 0.191 e. The Morgan fingerprint density at radius 1 is 1.16 bits per heavy atom. The van der Waals surface area contributed by atoms with Crippen molar-refractivity contribution in [2.45, 2.75) is 13.0 Å². The van der Waals surface area contributed by atoms with Crippen molar-refractivity contribution >= 4 is 29.9 Å². The molecule has 2 aromatic rings. The molecule has 0 fully saturated rings. The molecule has 0 atom stereocenters. The zero-order chi connectivity index (χ0) is 17.4. The van der Waals surface area contributed by atoms with Gasteiger partial charge >= 0.3 is 0 Å². The Balaban J connectivity index is 0.00000312. The summed E-state index contributed by atoms with van der Waals surface area (Å²) < 4.78 is 18.0. The fraction of sp³-hybridized carbons (Fsp3) is 0.278. The van der Waals surface area contributed by atoms with Crippen molar-refractivity contribution in [1.29, 1.82) is 0 Å². The molecular formula is C18H23FIN3O2. The van der Waals surface area contributed by atoms with Crippen molar-refractivity contribution in [2.75, 3.05) is 20.7 Å². The first-order valence-electron chi connectivity index (χ1n) is 7.67. The summed E-state index contributed by atoms with van der Waals surface area (Å²) in [5, 5.41) is 16.2. The van der Waals surface area contributed by atoms with E-state index in [1.165, 1.54) is 12.1 Å². The minimum absolute atomic E-state index is 0. The maximum absolute atomic E-state index is 12.9. The number of phenols is 1. The summed E-state index contributed by atoms with van der Waals surface area (Å²) in [6.45, 7) is 1.08. The van der Waals surface area contributed by atoms with Gasteiger partial charge in [0, 0.05) is 25.7 Å². The summed E-state index contributed by atoms with van der Waals surface area (Å²) in [5.74, 6) is 1.27. The summed E-state index contributed by atoms with van der Waals surface area (Å²) in [5.41, 5.74) is 1.76. The quantitative estimate of drug-likeness (QED) is 0.353. The summed E-state index contributed by atoms with van der Waals surface area (Å²) in [6.07, 6.45) is 0.755. The van der Waals surface area contributed by atoms with Gasteiger partial charge in [0.05, 0.1) is 7.11 Å². The number of nitrogens with zero attached hydrogens (tertiary/aromatic N) is 1. The Kier molecular flexibility index (Phi) is 9.04. The number of methoxy groups -OCH3 is 1. The lowest BCUT2D eigenvalue weighted by molar-refractivity contribution is 0.410. The summed E-state index contributed by atoms with van der Waals surface area (Å²) >= 11 is 0. The van der Waals surface area contributed by atoms with Crippen LogP contribution in [0.1, 0.15) is 11.1 Å². The van der Waals surface area contributed by atoms with Crippen LogP contribution in [0, 0.1) is 5.82 Å². The number of guanidine groups is 1. The molecule has 0 aromatic heterocycles. The van der Waals surface area contributed by atoms with Crippen molar-refractivity contribution in [3.63, 3.8) is 0 Å². The second-order valence-electron chi connectivity index (χ2n) is 5.22. The van der Waals surface area contributed by atoms with Crippen molar-refractivity contribution in [3.8, 4) is 11.5 Å². The van der Waals surface area contributed by atoms with Gasteiger partial charge in [-0.05, 0) is 42.3 Å². The predicted octanol–water partition coefficient (Wildman–Crippen LogP) is 3.07. The largest absolute Gasteiger partial charge is 0.508 e. The number of phenolic OH excluding ortho intramolecular Hbond substituents is 1. The molecule has 0 unspecified atom stereocenters. The number of halogens is 2. The van der Waals surface area contributed by atoms with Crippen molar-refractivity contribution < 1.29 is 14.2 Å². The molecule has 5 nitrogen and oxygen atoms in total. The van der Waals surface area contributed by atoms with Crippen molar-refractivity contribution in [3.05, 3.63) is 59.4 Å². The summed E-state index contributed by atoms with van der Waals surface area (Å²) in [4.78, 5) is 4.14. The highest BCUT2D eigenvalue weighted by atomic mass is 127. The molecule has 2 aromatic carbocycles. The fourth-order valence-corrected chi connectivity index (χ4v) is 2.21. The fourth-order valence-electron chi connectivity index (χ4n) is 2.21. The highest BCUT2D eigenvalue weighted by molar-refractivity contribution is 14.0. The second-order valence-corrected chi connectivity index (χ2v) is 5.22. The highest BCUT2D eigenvalue weighted by Crippen LogP contribution is 2.22. The van der Waals surface area contributed by atoms with Gasteiger partial charge < -0.3 is 20.5 Å². The first kappa shape index (κ1) is 21.0. The Bertz CT molecular complexity index is 693. The predicted molar refractivity (Wildman–Crippen MR) is 108 cm³/mol. The number of hydrogen-bond donors (Lipinski definition) is 3. The average molecular weight is 459 g/mol. The molecule has 0 spiro atoms. The van der Waals surface area contributed by atoms with E-state index in [0.29, 0.717) is 24.8 Å². The van der Waals surface area contributed by atoms with E-state index < -0.39 is 0 Å². The molecule has 3 N–H and O–H groups in total. The summed E-state index contributed by atoms with van der Waals surface area (Å²) in [6, 6.07) is 11.5. The molecule has 136 valence electrons. The lowest BCUT2D eigenvalue weighted by Gasteiger charge is -2.13. The van der Waals surface area contributed by atoms with Gasteiger partial charge in [-0.3, -0.25) is 4.99 Å². The molecule has 0 radical (unpaired) electrons. The molecular weight excluding hydrogens is 436 g/mol. The third kappa shape index (κ3) is 6.77. The van der Waals surface area contributed by atoms with E-state index in [0.717, 1.165) is 17.5 Å². The lowest BCUT2D eigenvalue weighted by Crippen LogP contribution is -2.37. The Morgan fingerprint density at radius 3 is 2.52 bits per heavy atom. The second kappa shape index (κ2) is 10.8. The van der Waals surface area contributed by atoms with E-state index in [4.69, 9.17) is 4.74 Å². The molecule has 0 saturated carbocycles. The Morgan fingerprint density at radius 2 is 1.88 bits per heavy atom. The normalized spacial score (nSPS) is 10.8. The molecule has 0 aliphatic heterocycles. The van der Waals surface area contributed by atoms with Crippen LogP contribution in [0.3, 0.4) is 0 Å². The topological polar surface area (TPSA) is 65.9 Å². The van der Waals surface area contributed by atoms with E-state index in [1.807, 2.05) is 0 Å². The monoisotopic (exact) mass is 459 g/mol. The van der Waals surface area contributed by atoms with Gasteiger partial charge in [-0.15, -0.1) is 24.0 Å². The molecule has 0 aliphatic rings. The number of ether oxygens (including phenoxy) is 1. The molecule has 25 heavy (non-hydrogen) atoms. The van der Waals surface area contributed by atoms with Crippen LogP contribution in [0.15, 0.2) is 47.5 Å². The molecule has 2 rings (SSSR count). The van der Waals surface area contributed by atoms with Crippen molar-refractivity contribution in [1.82, 2.24) is 10.6 Å². The molecule has 0 amide bonds. The van der Waals surface area contributed by atoms with E-state index in [1.54, 1.807) is 44.5 Å². The van der Waals surface area contributed by atoms with Gasteiger partial charge in [-0.25, -0.2) is 4.39 Å². The van der Waals surface area contributed by atoms with Gasteiger partial charge in [0.15, 0.2) is 5.96 Å². The lowest BCUT2D eigenvalue weighted by atomic mass is 10.1. The van der Waals surface area contributed by atoms with Crippen LogP contribution in [-0.4, -0.2) is 31.8 Å². The van der Waals surface area contributed by atoms with Gasteiger partial charge in [-0.2, -0.15) is 0 Å². The number of aromatic hydroxyl groups is 1. The van der Waals surface area contributed by atoms with Crippen LogP contribution in [0.5, 0.6) is 11.5 Å². The zero-order valence-corrected chi connectivity index (χ0v) is 16.6. The zero-order valence-electron chi connectivity index (χ0n) is 14.3. The molecule has 0 saturated heterocycles. The van der Waals surface area contributed by atoms with Gasteiger partial charge in [-0.1, -0.05) is 12.1 Å². The van der Waals surface area contributed by atoms with E-state index in [-0.39, 0.29) is 35.5 Å². The number of rotatable bonds is 6. The van der Waals surface area contributed by atoms with Crippen LogP contribution >= 0.6 is 24.0 Å². The van der Waals surface area contributed by atoms with Crippen LogP contribution in [0.2, 0.25) is 0 Å². The minimum atomic E-state index is -0.234. The third-order valence-corrected chi connectivity index (χ3v) is 3.58. The number of hydrogen-bond acceptors (Lipinski definition) is 3. The molecule has 0 heterocycles. The van der Waals surface area contributed by atoms with Gasteiger partial charge in [0.2, 0.25) is 0 Å². The average Bonchev–Trinajstić information content (AvgIpc) is 2.60. The van der Waals surface area contributed by atoms with Crippen LogP contribution in [0.25, 0.3) is 0 Å². The van der Waals surface area contributed by atoms with E-state index in [9.17, 15) is 9.50 Å². The molecule has 0 aliphatic carbocycles. The Hall–Kier alpha value is -2.03. The summed E-state index contributed by atoms with van der Waals surface area (Å²) in [7, 11) is 3.26. The SMILES string of the molecule is CN=C(NCCc1ccc(F)cc1)NCc1cc(OC)ccc1O.I. The van der Waals surface area contributed by atoms with Gasteiger partial charge in [0.25, 0.3) is 0 Å².